The quantitative estimate of drug-likeness (QED) is 0.373. The molecule has 27 heavy (non-hydrogen) atoms. The van der Waals surface area contributed by atoms with Gasteiger partial charge in [-0.15, -0.1) is 0 Å². The number of unbranched alkanes of at least 4 members (excludes halogenated alkanes) is 9. The zero-order valence-electron chi connectivity index (χ0n) is 17.0. The van der Waals surface area contributed by atoms with Gasteiger partial charge in [0.05, 0.1) is 16.3 Å². The van der Waals surface area contributed by atoms with E-state index in [2.05, 4.69) is 47.1 Å². The number of nitrogens with zero attached hydrogens (tertiary/aromatic N) is 2. The molecule has 0 spiro atoms. The molecule has 1 fully saturated rings. The number of guanidine groups is 1. The Hall–Kier alpha value is -1.07. The highest BCUT2D eigenvalue weighted by atomic mass is 79.9. The van der Waals surface area contributed by atoms with Crippen LogP contribution < -0.4 is 0 Å². The SMILES string of the molecule is CCCCCCCCCCCCN1CCN(Cc2ccccc2)C1=N.OBr. The number of halogens is 1. The lowest BCUT2D eigenvalue weighted by molar-refractivity contribution is 0.431. The van der Waals surface area contributed by atoms with Crippen LogP contribution in [-0.4, -0.2) is 39.6 Å². The Kier molecular flexibility index (Phi) is 14.1. The van der Waals surface area contributed by atoms with Gasteiger partial charge in [-0.3, -0.25) is 5.41 Å². The van der Waals surface area contributed by atoms with E-state index < -0.39 is 0 Å². The second-order valence-electron chi connectivity index (χ2n) is 7.40. The van der Waals surface area contributed by atoms with Crippen LogP contribution in [-0.2, 0) is 6.54 Å². The van der Waals surface area contributed by atoms with E-state index in [-0.39, 0.29) is 0 Å². The number of nitrogens with one attached hydrogen (secondary N) is 1. The Morgan fingerprint density at radius 1 is 0.815 bits per heavy atom. The first-order chi connectivity index (χ1) is 13.3. The lowest BCUT2D eigenvalue weighted by Crippen LogP contribution is -2.32. The van der Waals surface area contributed by atoms with Crippen LogP contribution in [0.5, 0.6) is 0 Å². The van der Waals surface area contributed by atoms with Crippen molar-refractivity contribution in [3.8, 4) is 0 Å². The average molecular weight is 440 g/mol. The van der Waals surface area contributed by atoms with Crippen molar-refractivity contribution in [2.45, 2.75) is 77.7 Å². The molecular formula is C22H38BrN3O. The van der Waals surface area contributed by atoms with Gasteiger partial charge in [-0.1, -0.05) is 95.0 Å². The second-order valence-corrected chi connectivity index (χ2v) is 7.40. The molecule has 5 heteroatoms. The van der Waals surface area contributed by atoms with Gasteiger partial charge >= 0.3 is 0 Å². The zero-order valence-corrected chi connectivity index (χ0v) is 18.6. The van der Waals surface area contributed by atoms with Crippen LogP contribution in [0, 0.1) is 5.41 Å². The smallest absolute Gasteiger partial charge is 0.194 e. The fourth-order valence-electron chi connectivity index (χ4n) is 3.62. The Bertz CT molecular complexity index is 484. The summed E-state index contributed by atoms with van der Waals surface area (Å²) >= 11 is 1.94. The molecule has 0 amide bonds. The maximum absolute atomic E-state index is 8.39. The van der Waals surface area contributed by atoms with Crippen molar-refractivity contribution >= 4 is 22.2 Å². The van der Waals surface area contributed by atoms with Crippen molar-refractivity contribution in [2.24, 2.45) is 0 Å². The normalized spacial score (nSPS) is 13.7. The topological polar surface area (TPSA) is 50.6 Å². The predicted molar refractivity (Wildman–Crippen MR) is 119 cm³/mol. The van der Waals surface area contributed by atoms with E-state index in [1.54, 1.807) is 0 Å². The highest BCUT2D eigenvalue weighted by molar-refractivity contribution is 9.05. The summed E-state index contributed by atoms with van der Waals surface area (Å²) in [5.41, 5.74) is 1.30. The summed E-state index contributed by atoms with van der Waals surface area (Å²) in [6.45, 7) is 6.21. The molecule has 0 saturated carbocycles. The summed E-state index contributed by atoms with van der Waals surface area (Å²) in [4.78, 5) is 4.46. The minimum atomic E-state index is 0.722. The van der Waals surface area contributed by atoms with Gasteiger partial charge in [-0.2, -0.15) is 0 Å². The number of hydrogen-bond acceptors (Lipinski definition) is 2. The first-order valence-electron chi connectivity index (χ1n) is 10.6. The highest BCUT2D eigenvalue weighted by Gasteiger charge is 2.24. The van der Waals surface area contributed by atoms with Gasteiger partial charge < -0.3 is 14.0 Å². The Morgan fingerprint density at radius 2 is 1.33 bits per heavy atom. The fourth-order valence-corrected chi connectivity index (χ4v) is 3.62. The molecule has 0 aromatic heterocycles. The molecule has 0 atom stereocenters. The third-order valence-corrected chi connectivity index (χ3v) is 5.24. The number of rotatable bonds is 13. The van der Waals surface area contributed by atoms with Crippen molar-refractivity contribution in [2.75, 3.05) is 19.6 Å². The molecule has 0 aliphatic carbocycles. The number of hydrogen-bond donors (Lipinski definition) is 2. The van der Waals surface area contributed by atoms with Crippen LogP contribution in [0.4, 0.5) is 0 Å². The van der Waals surface area contributed by atoms with Gasteiger partial charge in [-0.05, 0) is 12.0 Å². The first kappa shape index (κ1) is 24.0. The molecule has 4 nitrogen and oxygen atoms in total. The van der Waals surface area contributed by atoms with Crippen LogP contribution >= 0.6 is 16.3 Å². The van der Waals surface area contributed by atoms with Gasteiger partial charge in [0.15, 0.2) is 5.96 Å². The Balaban J connectivity index is 0.00000176. The summed E-state index contributed by atoms with van der Waals surface area (Å²) in [6.07, 6.45) is 13.7. The fraction of sp³-hybridized carbons (Fsp3) is 0.682. The van der Waals surface area contributed by atoms with E-state index in [1.807, 2.05) is 16.3 Å². The van der Waals surface area contributed by atoms with Gasteiger partial charge in [-0.25, -0.2) is 0 Å². The van der Waals surface area contributed by atoms with Crippen molar-refractivity contribution in [1.29, 1.82) is 5.41 Å². The van der Waals surface area contributed by atoms with Crippen LogP contribution in [0.3, 0.4) is 0 Å². The maximum atomic E-state index is 8.39. The van der Waals surface area contributed by atoms with E-state index in [4.69, 9.17) is 9.61 Å². The summed E-state index contributed by atoms with van der Waals surface area (Å²) < 4.78 is 6.81. The molecular weight excluding hydrogens is 402 g/mol. The molecule has 2 rings (SSSR count). The van der Waals surface area contributed by atoms with Gasteiger partial charge in [0.2, 0.25) is 0 Å². The Morgan fingerprint density at radius 3 is 1.93 bits per heavy atom. The first-order valence-corrected chi connectivity index (χ1v) is 11.3. The van der Waals surface area contributed by atoms with E-state index in [0.29, 0.717) is 0 Å². The molecule has 2 N–H and O–H groups in total. The van der Waals surface area contributed by atoms with Crippen molar-refractivity contribution in [3.63, 3.8) is 0 Å². The zero-order chi connectivity index (χ0) is 19.7. The van der Waals surface area contributed by atoms with Crippen LogP contribution in [0.1, 0.15) is 76.7 Å². The Labute approximate surface area is 174 Å². The second kappa shape index (κ2) is 15.9. The minimum absolute atomic E-state index is 0.722. The van der Waals surface area contributed by atoms with E-state index in [9.17, 15) is 0 Å². The molecule has 1 aliphatic heterocycles. The monoisotopic (exact) mass is 439 g/mol. The molecule has 1 heterocycles. The molecule has 0 radical (unpaired) electrons. The van der Waals surface area contributed by atoms with E-state index >= 15 is 0 Å². The highest BCUT2D eigenvalue weighted by Crippen LogP contribution is 2.15. The largest absolute Gasteiger partial charge is 0.341 e. The molecule has 1 aromatic rings. The third-order valence-electron chi connectivity index (χ3n) is 5.24. The van der Waals surface area contributed by atoms with Crippen molar-refractivity contribution in [3.05, 3.63) is 35.9 Å². The lowest BCUT2D eigenvalue weighted by atomic mass is 10.1. The molecule has 1 saturated heterocycles. The molecule has 0 bridgehead atoms. The average Bonchev–Trinajstić information content (AvgIpc) is 3.05. The van der Waals surface area contributed by atoms with Crippen LogP contribution in [0.15, 0.2) is 30.3 Å². The minimum Gasteiger partial charge on any atom is -0.341 e. The van der Waals surface area contributed by atoms with E-state index in [1.165, 1.54) is 69.8 Å². The van der Waals surface area contributed by atoms with Gasteiger partial charge in [0, 0.05) is 26.2 Å². The molecule has 1 aromatic carbocycles. The van der Waals surface area contributed by atoms with Crippen molar-refractivity contribution < 1.29 is 4.20 Å². The molecule has 154 valence electrons. The van der Waals surface area contributed by atoms with E-state index in [0.717, 1.165) is 32.1 Å². The van der Waals surface area contributed by atoms with Crippen LogP contribution in [0.2, 0.25) is 0 Å². The molecule has 0 unspecified atom stereocenters. The summed E-state index contributed by atoms with van der Waals surface area (Å²) in [7, 11) is 0. The lowest BCUT2D eigenvalue weighted by Gasteiger charge is -2.21. The molecule has 1 aliphatic rings. The summed E-state index contributed by atoms with van der Waals surface area (Å²) in [5, 5.41) is 8.39. The van der Waals surface area contributed by atoms with Crippen LogP contribution in [0.25, 0.3) is 0 Å². The van der Waals surface area contributed by atoms with Gasteiger partial charge in [0.25, 0.3) is 0 Å². The third kappa shape index (κ3) is 10.2. The maximum Gasteiger partial charge on any atom is 0.194 e. The standard InChI is InChI=1S/C22H37N3.BrHO/c1-2-3-4-5-6-7-8-9-10-14-17-24-18-19-25(22(24)23)20-21-15-12-11-13-16-21;1-2/h11-13,15-16,23H,2-10,14,17-20H2,1H3;2H. The predicted octanol–water partition coefficient (Wildman–Crippen LogP) is 5.95. The van der Waals surface area contributed by atoms with Gasteiger partial charge in [0.1, 0.15) is 0 Å². The summed E-state index contributed by atoms with van der Waals surface area (Å²) in [5.74, 6) is 0.722. The summed E-state index contributed by atoms with van der Waals surface area (Å²) in [6, 6.07) is 10.5. The van der Waals surface area contributed by atoms with Crippen molar-refractivity contribution in [1.82, 2.24) is 9.80 Å². The number of benzene rings is 1.